The van der Waals surface area contributed by atoms with Crippen molar-refractivity contribution in [2.24, 2.45) is 5.10 Å². The van der Waals surface area contributed by atoms with E-state index in [0.717, 1.165) is 5.56 Å². The second-order valence-corrected chi connectivity index (χ2v) is 4.67. The van der Waals surface area contributed by atoms with Crippen molar-refractivity contribution in [2.45, 2.75) is 13.8 Å². The molecular weight excluding hydrogens is 280 g/mol. The van der Waals surface area contributed by atoms with Gasteiger partial charge >= 0.3 is 0 Å². The fourth-order valence-electron chi connectivity index (χ4n) is 1.94. The normalized spacial score (nSPS) is 10.6. The third kappa shape index (κ3) is 3.85. The largest absolute Gasteiger partial charge is 0.507 e. The lowest BCUT2D eigenvalue weighted by Crippen LogP contribution is -2.18. The number of hydrogen-bond acceptors (Lipinski definition) is 4. The molecule has 2 aromatic rings. The first-order valence-electron chi connectivity index (χ1n) is 6.96. The monoisotopic (exact) mass is 298 g/mol. The summed E-state index contributed by atoms with van der Waals surface area (Å²) in [5, 5.41) is 13.7. The maximum absolute atomic E-state index is 12.0. The molecule has 0 bridgehead atoms. The fraction of sp³-hybridized carbons (Fsp3) is 0.176. The molecule has 0 aliphatic carbocycles. The molecular formula is C17H18N2O3. The maximum Gasteiger partial charge on any atom is 0.271 e. The van der Waals surface area contributed by atoms with Crippen molar-refractivity contribution in [3.8, 4) is 11.5 Å². The fourth-order valence-corrected chi connectivity index (χ4v) is 1.94. The molecule has 0 aromatic heterocycles. The summed E-state index contributed by atoms with van der Waals surface area (Å²) in [6.45, 7) is 4.27. The molecule has 0 saturated heterocycles. The van der Waals surface area contributed by atoms with Crippen LogP contribution in [0.15, 0.2) is 47.6 Å². The van der Waals surface area contributed by atoms with E-state index in [9.17, 15) is 9.90 Å². The molecule has 0 aliphatic rings. The van der Waals surface area contributed by atoms with Gasteiger partial charge in [-0.15, -0.1) is 0 Å². The van der Waals surface area contributed by atoms with Gasteiger partial charge in [0.25, 0.3) is 5.91 Å². The number of ether oxygens (including phenoxy) is 1. The van der Waals surface area contributed by atoms with Gasteiger partial charge in [-0.2, -0.15) is 5.10 Å². The molecule has 0 atom stereocenters. The molecule has 2 rings (SSSR count). The van der Waals surface area contributed by atoms with Crippen LogP contribution in [0.3, 0.4) is 0 Å². The van der Waals surface area contributed by atoms with Gasteiger partial charge in [-0.25, -0.2) is 5.43 Å². The summed E-state index contributed by atoms with van der Waals surface area (Å²) >= 11 is 0. The van der Waals surface area contributed by atoms with Gasteiger partial charge in [0.2, 0.25) is 0 Å². The van der Waals surface area contributed by atoms with Gasteiger partial charge in [0.1, 0.15) is 11.5 Å². The SMILES string of the molecule is CCOc1ccc(O)c(/C=N\NC(=O)c2ccccc2C)c1. The van der Waals surface area contributed by atoms with Gasteiger partial charge in [0.15, 0.2) is 0 Å². The quantitative estimate of drug-likeness (QED) is 0.658. The lowest BCUT2D eigenvalue weighted by Gasteiger charge is -2.05. The summed E-state index contributed by atoms with van der Waals surface area (Å²) < 4.78 is 5.35. The van der Waals surface area contributed by atoms with E-state index in [0.29, 0.717) is 23.5 Å². The Bertz CT molecular complexity index is 696. The highest BCUT2D eigenvalue weighted by Crippen LogP contribution is 2.21. The lowest BCUT2D eigenvalue weighted by atomic mass is 10.1. The zero-order chi connectivity index (χ0) is 15.9. The number of aryl methyl sites for hydroxylation is 1. The standard InChI is InChI=1S/C17H18N2O3/c1-3-22-14-8-9-16(20)13(10-14)11-18-19-17(21)15-7-5-4-6-12(15)2/h4-11,20H,3H2,1-2H3,(H,19,21)/b18-11-. The average molecular weight is 298 g/mol. The minimum atomic E-state index is -0.296. The van der Waals surface area contributed by atoms with Crippen LogP contribution in [-0.2, 0) is 0 Å². The molecule has 0 spiro atoms. The Morgan fingerprint density at radius 3 is 2.82 bits per heavy atom. The highest BCUT2D eigenvalue weighted by atomic mass is 16.5. The number of hydrogen-bond donors (Lipinski definition) is 2. The number of carbonyl (C=O) groups is 1. The van der Waals surface area contributed by atoms with Crippen LogP contribution < -0.4 is 10.2 Å². The Morgan fingerprint density at radius 2 is 2.09 bits per heavy atom. The number of phenols is 1. The molecule has 5 heteroatoms. The zero-order valence-electron chi connectivity index (χ0n) is 12.5. The van der Waals surface area contributed by atoms with Gasteiger partial charge in [-0.1, -0.05) is 18.2 Å². The molecule has 0 fully saturated rings. The van der Waals surface area contributed by atoms with Gasteiger partial charge in [0, 0.05) is 11.1 Å². The number of phenolic OH excluding ortho intramolecular Hbond substituents is 1. The van der Waals surface area contributed by atoms with Crippen molar-refractivity contribution < 1.29 is 14.6 Å². The third-order valence-electron chi connectivity index (χ3n) is 3.07. The van der Waals surface area contributed by atoms with E-state index in [4.69, 9.17) is 4.74 Å². The van der Waals surface area contributed by atoms with E-state index >= 15 is 0 Å². The third-order valence-corrected chi connectivity index (χ3v) is 3.07. The first kappa shape index (κ1) is 15.6. The summed E-state index contributed by atoms with van der Waals surface area (Å²) in [6.07, 6.45) is 1.38. The highest BCUT2D eigenvalue weighted by Gasteiger charge is 2.06. The van der Waals surface area contributed by atoms with E-state index in [1.54, 1.807) is 24.3 Å². The van der Waals surface area contributed by atoms with Crippen LogP contribution in [0.5, 0.6) is 11.5 Å². The van der Waals surface area contributed by atoms with E-state index in [1.807, 2.05) is 26.0 Å². The van der Waals surface area contributed by atoms with Crippen LogP contribution in [0.4, 0.5) is 0 Å². The van der Waals surface area contributed by atoms with E-state index in [1.165, 1.54) is 12.3 Å². The molecule has 2 N–H and O–H groups in total. The predicted octanol–water partition coefficient (Wildman–Crippen LogP) is 2.86. The summed E-state index contributed by atoms with van der Waals surface area (Å²) in [6, 6.07) is 12.1. The van der Waals surface area contributed by atoms with Crippen LogP contribution >= 0.6 is 0 Å². The zero-order valence-corrected chi connectivity index (χ0v) is 12.5. The van der Waals surface area contributed by atoms with Crippen LogP contribution in [-0.4, -0.2) is 23.8 Å². The predicted molar refractivity (Wildman–Crippen MR) is 85.5 cm³/mol. The second-order valence-electron chi connectivity index (χ2n) is 4.67. The molecule has 0 heterocycles. The Morgan fingerprint density at radius 1 is 1.32 bits per heavy atom. The topological polar surface area (TPSA) is 70.9 Å². The van der Waals surface area contributed by atoms with Crippen molar-refractivity contribution in [3.05, 3.63) is 59.2 Å². The van der Waals surface area contributed by atoms with Gasteiger partial charge < -0.3 is 9.84 Å². The Labute approximate surface area is 129 Å². The van der Waals surface area contributed by atoms with E-state index in [-0.39, 0.29) is 11.7 Å². The number of benzene rings is 2. The van der Waals surface area contributed by atoms with E-state index in [2.05, 4.69) is 10.5 Å². The minimum Gasteiger partial charge on any atom is -0.507 e. The number of hydrazone groups is 1. The number of amides is 1. The van der Waals surface area contributed by atoms with Gasteiger partial charge in [0.05, 0.1) is 12.8 Å². The molecule has 0 unspecified atom stereocenters. The summed E-state index contributed by atoms with van der Waals surface area (Å²) in [7, 11) is 0. The molecule has 0 aliphatic heterocycles. The average Bonchev–Trinajstić information content (AvgIpc) is 2.51. The number of nitrogens with zero attached hydrogens (tertiary/aromatic N) is 1. The smallest absolute Gasteiger partial charge is 0.271 e. The van der Waals surface area contributed by atoms with Crippen molar-refractivity contribution in [3.63, 3.8) is 0 Å². The van der Waals surface area contributed by atoms with Crippen molar-refractivity contribution in [2.75, 3.05) is 6.61 Å². The highest BCUT2D eigenvalue weighted by molar-refractivity contribution is 5.96. The second kappa shape index (κ2) is 7.26. The molecule has 2 aromatic carbocycles. The number of aromatic hydroxyl groups is 1. The van der Waals surface area contributed by atoms with Crippen LogP contribution in [0.2, 0.25) is 0 Å². The number of rotatable bonds is 5. The van der Waals surface area contributed by atoms with Gasteiger partial charge in [-0.05, 0) is 43.7 Å². The van der Waals surface area contributed by atoms with Crippen molar-refractivity contribution >= 4 is 12.1 Å². The molecule has 22 heavy (non-hydrogen) atoms. The summed E-state index contributed by atoms with van der Waals surface area (Å²) in [4.78, 5) is 12.0. The summed E-state index contributed by atoms with van der Waals surface area (Å²) in [5.41, 5.74) is 4.35. The lowest BCUT2D eigenvalue weighted by molar-refractivity contribution is 0.0954. The molecule has 0 radical (unpaired) electrons. The summed E-state index contributed by atoms with van der Waals surface area (Å²) in [5.74, 6) is 0.402. The Hall–Kier alpha value is -2.82. The Balaban J connectivity index is 2.08. The van der Waals surface area contributed by atoms with E-state index < -0.39 is 0 Å². The van der Waals surface area contributed by atoms with Crippen molar-refractivity contribution in [1.82, 2.24) is 5.43 Å². The first-order chi connectivity index (χ1) is 10.6. The van der Waals surface area contributed by atoms with Crippen molar-refractivity contribution in [1.29, 1.82) is 0 Å². The maximum atomic E-state index is 12.0. The van der Waals surface area contributed by atoms with Gasteiger partial charge in [-0.3, -0.25) is 4.79 Å². The minimum absolute atomic E-state index is 0.0670. The van der Waals surface area contributed by atoms with Crippen LogP contribution in [0.25, 0.3) is 0 Å². The molecule has 1 amide bonds. The number of nitrogens with one attached hydrogen (secondary N) is 1. The Kier molecular flexibility index (Phi) is 5.14. The van der Waals surface area contributed by atoms with Crippen LogP contribution in [0.1, 0.15) is 28.4 Å². The molecule has 5 nitrogen and oxygen atoms in total. The molecule has 114 valence electrons. The molecule has 0 saturated carbocycles. The number of carbonyl (C=O) groups excluding carboxylic acids is 1. The first-order valence-corrected chi connectivity index (χ1v) is 6.96. The van der Waals surface area contributed by atoms with Crippen LogP contribution in [0, 0.1) is 6.92 Å².